The molecular weight excluding hydrogens is 684 g/mol. The summed E-state index contributed by atoms with van der Waals surface area (Å²) in [6, 6.07) is 5.25. The summed E-state index contributed by atoms with van der Waals surface area (Å²) >= 11 is 0. The molecule has 0 radical (unpaired) electrons. The molecule has 0 spiro atoms. The van der Waals surface area contributed by atoms with E-state index in [0.29, 0.717) is 5.56 Å². The van der Waals surface area contributed by atoms with Crippen LogP contribution in [0.3, 0.4) is 0 Å². The summed E-state index contributed by atoms with van der Waals surface area (Å²) in [4.78, 5) is 102. The van der Waals surface area contributed by atoms with Crippen LogP contribution < -0.4 is 5.32 Å². The van der Waals surface area contributed by atoms with E-state index in [1.54, 1.807) is 31.7 Å². The van der Waals surface area contributed by atoms with E-state index in [1.807, 2.05) is 0 Å². The highest BCUT2D eigenvalue weighted by molar-refractivity contribution is 7.70. The predicted octanol–water partition coefficient (Wildman–Crippen LogP) is -1.83. The third kappa shape index (κ3) is 15.3. The summed E-state index contributed by atoms with van der Waals surface area (Å²) in [6.45, 7) is -0.882. The summed E-state index contributed by atoms with van der Waals surface area (Å²) < 4.78 is 23.0. The Morgan fingerprint density at radius 2 is 1.08 bits per heavy atom. The molecule has 1 aliphatic heterocycles. The van der Waals surface area contributed by atoms with Crippen molar-refractivity contribution in [3.63, 3.8) is 0 Å². The van der Waals surface area contributed by atoms with Crippen LogP contribution in [0.4, 0.5) is 5.69 Å². The van der Waals surface area contributed by atoms with E-state index in [4.69, 9.17) is 0 Å². The molecule has 0 aromatic heterocycles. The number of hydrogen-bond acceptors (Lipinski definition) is 11. The summed E-state index contributed by atoms with van der Waals surface area (Å²) in [5.41, 5.74) is 0.712. The lowest BCUT2D eigenvalue weighted by atomic mass is 10.0. The first-order valence-electron chi connectivity index (χ1n) is 14.5. The second-order valence-electron chi connectivity index (χ2n) is 11.3. The second kappa shape index (κ2) is 18.5. The van der Waals surface area contributed by atoms with Gasteiger partial charge in [-0.05, 0) is 24.1 Å². The van der Waals surface area contributed by atoms with Crippen molar-refractivity contribution < 1.29 is 73.1 Å². The van der Waals surface area contributed by atoms with E-state index in [0.717, 1.165) is 0 Å². The number of carboxylic acids is 4. The Bertz CT molecular complexity index is 1360. The fourth-order valence-corrected chi connectivity index (χ4v) is 7.54. The number of carbonyl (C=O) groups is 5. The van der Waals surface area contributed by atoms with Crippen LogP contribution in [0.5, 0.6) is 0 Å². The monoisotopic (exact) mass is 725 g/mol. The molecule has 20 nitrogen and oxygen atoms in total. The van der Waals surface area contributed by atoms with Crippen LogP contribution in [-0.2, 0) is 39.5 Å². The van der Waals surface area contributed by atoms with Crippen LogP contribution in [0.25, 0.3) is 0 Å². The van der Waals surface area contributed by atoms with Gasteiger partial charge < -0.3 is 45.3 Å². The van der Waals surface area contributed by atoms with Crippen molar-refractivity contribution in [2.24, 2.45) is 0 Å². The first-order valence-corrected chi connectivity index (χ1v) is 17.9. The number of rotatable bonds is 15. The van der Waals surface area contributed by atoms with Gasteiger partial charge in [-0.1, -0.05) is 12.1 Å². The summed E-state index contributed by atoms with van der Waals surface area (Å²) in [7, 11) is -10.7. The predicted molar refractivity (Wildman–Crippen MR) is 166 cm³/mol. The molecule has 0 aliphatic carbocycles. The Morgan fingerprint density at radius 3 is 1.52 bits per heavy atom. The van der Waals surface area contributed by atoms with E-state index in [1.165, 1.54) is 12.1 Å². The molecule has 1 atom stereocenters. The highest BCUT2D eigenvalue weighted by Crippen LogP contribution is 2.61. The fourth-order valence-electron chi connectivity index (χ4n) is 5.16. The third-order valence-electron chi connectivity index (χ3n) is 7.42. The van der Waals surface area contributed by atoms with Crippen molar-refractivity contribution in [2.75, 3.05) is 77.3 Å². The topological polar surface area (TPSA) is 306 Å². The summed E-state index contributed by atoms with van der Waals surface area (Å²) in [5, 5.41) is 37.8. The van der Waals surface area contributed by atoms with Crippen molar-refractivity contribution in [3.8, 4) is 0 Å². The van der Waals surface area contributed by atoms with E-state index in [2.05, 4.69) is 5.32 Å². The van der Waals surface area contributed by atoms with Gasteiger partial charge in [0.15, 0.2) is 5.40 Å². The molecule has 22 heteroatoms. The zero-order valence-corrected chi connectivity index (χ0v) is 27.6. The van der Waals surface area contributed by atoms with Gasteiger partial charge in [0, 0.05) is 57.5 Å². The number of hydrogen-bond donors (Lipinski definition) is 9. The molecule has 9 N–H and O–H groups in total. The number of nitrogens with one attached hydrogen (secondary N) is 1. The zero-order valence-electron chi connectivity index (χ0n) is 25.8. The third-order valence-corrected chi connectivity index (χ3v) is 11.1. The minimum Gasteiger partial charge on any atom is -0.480 e. The highest BCUT2D eigenvalue weighted by atomic mass is 31.2. The fraction of sp³-hybridized carbons (Fsp3) is 0.577. The van der Waals surface area contributed by atoms with Gasteiger partial charge in [-0.15, -0.1) is 0 Å². The van der Waals surface area contributed by atoms with Gasteiger partial charge in [-0.25, -0.2) is 0 Å². The lowest BCUT2D eigenvalue weighted by Gasteiger charge is -2.37. The largest absolute Gasteiger partial charge is 0.480 e. The van der Waals surface area contributed by atoms with E-state index >= 15 is 0 Å². The van der Waals surface area contributed by atoms with Crippen LogP contribution in [0.2, 0.25) is 0 Å². The molecule has 0 bridgehead atoms. The van der Waals surface area contributed by atoms with Crippen LogP contribution in [-0.4, -0.2) is 173 Å². The Balaban J connectivity index is 2.36. The van der Waals surface area contributed by atoms with Gasteiger partial charge in [0.2, 0.25) is 5.91 Å². The highest BCUT2D eigenvalue weighted by Gasteiger charge is 2.44. The number of anilines is 1. The zero-order chi connectivity index (χ0) is 36.2. The van der Waals surface area contributed by atoms with Crippen LogP contribution in [0.1, 0.15) is 12.0 Å². The molecule has 270 valence electrons. The van der Waals surface area contributed by atoms with Crippen LogP contribution >= 0.6 is 15.2 Å². The van der Waals surface area contributed by atoms with Crippen molar-refractivity contribution in [1.29, 1.82) is 0 Å². The Kier molecular flexibility index (Phi) is 15.7. The number of carbonyl (C=O) groups excluding carboxylic acids is 1. The Hall–Kier alpha value is -3.29. The number of benzene rings is 1. The standard InChI is InChI=1S/C26H41N5O15P2/c32-21(12-26(47(41,42)43)48(44,45)46)27-19-3-1-18(2-4-19)11-20-13-30(16-24(37)38)8-7-28(14-22(33)34)5-6-29(15-23(35)36)9-10-31(20)17-25(39)40/h1-4,20,26H,5-17H2,(H,27,32)(H,33,34)(H,35,36)(H,37,38)(H,39,40)(H2,41,42,43)(H2,44,45,46). The molecule has 1 aliphatic rings. The van der Waals surface area contributed by atoms with Crippen molar-refractivity contribution in [1.82, 2.24) is 19.6 Å². The normalized spacial score (nSPS) is 18.5. The molecule has 1 amide bonds. The SMILES string of the molecule is O=C(O)CN1CCN(CC(=O)O)CCN(CC(=O)O)C(Cc2ccc(NC(=O)CC(P(=O)(O)O)P(=O)(O)O)cc2)CN(CC(=O)O)CC1. The minimum absolute atomic E-state index is 0.0318. The van der Waals surface area contributed by atoms with Gasteiger partial charge in [0.1, 0.15) is 0 Å². The molecular formula is C26H41N5O15P2. The molecule has 1 aromatic rings. The van der Waals surface area contributed by atoms with Gasteiger partial charge in [0.05, 0.1) is 32.6 Å². The van der Waals surface area contributed by atoms with Crippen molar-refractivity contribution >= 4 is 50.7 Å². The number of nitrogens with zero attached hydrogens (tertiary/aromatic N) is 4. The maximum Gasteiger partial charge on any atom is 0.341 e. The van der Waals surface area contributed by atoms with E-state index in [-0.39, 0.29) is 71.0 Å². The average molecular weight is 726 g/mol. The van der Waals surface area contributed by atoms with E-state index < -0.39 is 75.9 Å². The molecule has 0 saturated carbocycles. The lowest BCUT2D eigenvalue weighted by Crippen LogP contribution is -2.53. The smallest absolute Gasteiger partial charge is 0.341 e. The van der Waals surface area contributed by atoms with Crippen molar-refractivity contribution in [2.45, 2.75) is 24.3 Å². The molecule has 1 heterocycles. The maximum atomic E-state index is 12.4. The summed E-state index contributed by atoms with van der Waals surface area (Å²) in [6.07, 6.45) is -1.02. The maximum absolute atomic E-state index is 12.4. The van der Waals surface area contributed by atoms with E-state index in [9.17, 15) is 73.1 Å². The quantitative estimate of drug-likeness (QED) is 0.0898. The molecule has 48 heavy (non-hydrogen) atoms. The molecule has 1 unspecified atom stereocenters. The van der Waals surface area contributed by atoms with Gasteiger partial charge in [-0.3, -0.25) is 52.7 Å². The molecule has 1 fully saturated rings. The van der Waals surface area contributed by atoms with Crippen LogP contribution in [0.15, 0.2) is 24.3 Å². The Labute approximate surface area is 274 Å². The average Bonchev–Trinajstić information content (AvgIpc) is 2.92. The first kappa shape index (κ1) is 40.9. The minimum atomic E-state index is -5.33. The van der Waals surface area contributed by atoms with Gasteiger partial charge >= 0.3 is 39.1 Å². The molecule has 1 aromatic carbocycles. The first-order chi connectivity index (χ1) is 22.2. The van der Waals surface area contributed by atoms with Gasteiger partial charge in [0.25, 0.3) is 0 Å². The number of amides is 1. The van der Waals surface area contributed by atoms with Crippen LogP contribution in [0, 0.1) is 0 Å². The number of carboxylic acid groups (broad SMARTS) is 4. The molecule has 2 rings (SSSR count). The van der Waals surface area contributed by atoms with Crippen molar-refractivity contribution in [3.05, 3.63) is 29.8 Å². The Morgan fingerprint density at radius 1 is 0.667 bits per heavy atom. The summed E-state index contributed by atoms with van der Waals surface area (Å²) in [5.74, 6) is -5.67. The molecule has 1 saturated heterocycles. The lowest BCUT2D eigenvalue weighted by molar-refractivity contribution is -0.142. The van der Waals surface area contributed by atoms with Gasteiger partial charge in [-0.2, -0.15) is 0 Å². The second-order valence-corrected chi connectivity index (χ2v) is 15.3. The number of aliphatic carboxylic acids is 4.